The van der Waals surface area contributed by atoms with E-state index in [-0.39, 0.29) is 5.91 Å². The molecule has 0 aliphatic rings. The first-order valence-electron chi connectivity index (χ1n) is 8.31. The molecule has 5 nitrogen and oxygen atoms in total. The van der Waals surface area contributed by atoms with Gasteiger partial charge in [-0.25, -0.2) is 4.98 Å². The Balaban J connectivity index is 1.81. The van der Waals surface area contributed by atoms with Crippen molar-refractivity contribution in [1.29, 1.82) is 0 Å². The Morgan fingerprint density at radius 3 is 2.65 bits per heavy atom. The summed E-state index contributed by atoms with van der Waals surface area (Å²) in [5.74, 6) is -0.216. The molecule has 2 heterocycles. The molecular formula is C20H16N4OS. The third-order valence-corrected chi connectivity index (χ3v) is 4.81. The minimum absolute atomic E-state index is 0.216. The fraction of sp³-hybridized carbons (Fsp3) is 0.100. The van der Waals surface area contributed by atoms with Gasteiger partial charge in [-0.2, -0.15) is 0 Å². The van der Waals surface area contributed by atoms with Crippen LogP contribution in [-0.2, 0) is 6.42 Å². The fourth-order valence-electron chi connectivity index (χ4n) is 2.81. The molecule has 0 fully saturated rings. The van der Waals surface area contributed by atoms with Gasteiger partial charge in [-0.15, -0.1) is 10.2 Å². The van der Waals surface area contributed by atoms with Gasteiger partial charge in [-0.05, 0) is 24.1 Å². The van der Waals surface area contributed by atoms with Crippen molar-refractivity contribution in [1.82, 2.24) is 15.2 Å². The van der Waals surface area contributed by atoms with Crippen molar-refractivity contribution in [2.75, 3.05) is 5.32 Å². The summed E-state index contributed by atoms with van der Waals surface area (Å²) in [5, 5.41) is 11.7. The summed E-state index contributed by atoms with van der Waals surface area (Å²) < 4.78 is 0. The maximum atomic E-state index is 12.8. The molecule has 0 radical (unpaired) electrons. The smallest absolute Gasteiger partial charge is 0.258 e. The summed E-state index contributed by atoms with van der Waals surface area (Å²) in [6, 6.07) is 17.8. The molecule has 0 bridgehead atoms. The molecule has 26 heavy (non-hydrogen) atoms. The number of rotatable bonds is 4. The molecule has 4 aromatic rings. The van der Waals surface area contributed by atoms with Gasteiger partial charge in [0.2, 0.25) is 5.13 Å². The highest BCUT2D eigenvalue weighted by atomic mass is 32.1. The van der Waals surface area contributed by atoms with Crippen LogP contribution in [0, 0.1) is 0 Å². The topological polar surface area (TPSA) is 67.8 Å². The molecule has 4 rings (SSSR count). The number of hydrogen-bond acceptors (Lipinski definition) is 5. The van der Waals surface area contributed by atoms with Crippen molar-refractivity contribution in [3.05, 3.63) is 71.2 Å². The van der Waals surface area contributed by atoms with E-state index in [4.69, 9.17) is 4.98 Å². The second-order valence-corrected chi connectivity index (χ2v) is 6.65. The van der Waals surface area contributed by atoms with Gasteiger partial charge in [0.25, 0.3) is 5.91 Å². The van der Waals surface area contributed by atoms with E-state index < -0.39 is 0 Å². The highest BCUT2D eigenvalue weighted by Crippen LogP contribution is 2.26. The first-order chi connectivity index (χ1) is 12.7. The van der Waals surface area contributed by atoms with Gasteiger partial charge in [0.05, 0.1) is 16.8 Å². The zero-order chi connectivity index (χ0) is 17.9. The van der Waals surface area contributed by atoms with E-state index in [0.29, 0.717) is 10.7 Å². The first kappa shape index (κ1) is 16.4. The Kier molecular flexibility index (Phi) is 4.41. The third kappa shape index (κ3) is 3.19. The number of carbonyl (C=O) groups excluding carboxylic acids is 1. The molecule has 0 saturated carbocycles. The van der Waals surface area contributed by atoms with Crippen LogP contribution in [0.4, 0.5) is 5.13 Å². The lowest BCUT2D eigenvalue weighted by atomic mass is 10.0. The molecular weight excluding hydrogens is 344 g/mol. The van der Waals surface area contributed by atoms with E-state index in [1.807, 2.05) is 42.5 Å². The fourth-order valence-corrected chi connectivity index (χ4v) is 3.25. The van der Waals surface area contributed by atoms with E-state index in [1.165, 1.54) is 16.9 Å². The summed E-state index contributed by atoms with van der Waals surface area (Å²) in [4.78, 5) is 17.5. The molecule has 2 aromatic carbocycles. The monoisotopic (exact) mass is 360 g/mol. The Hall–Kier alpha value is -3.12. The average molecular weight is 360 g/mol. The van der Waals surface area contributed by atoms with Crippen LogP contribution >= 0.6 is 11.3 Å². The molecule has 6 heteroatoms. The Labute approximate surface area is 154 Å². The van der Waals surface area contributed by atoms with Gasteiger partial charge < -0.3 is 0 Å². The number of carbonyl (C=O) groups is 1. The number of benzene rings is 2. The van der Waals surface area contributed by atoms with Gasteiger partial charge in [0.1, 0.15) is 5.51 Å². The minimum Gasteiger partial charge on any atom is -0.296 e. The standard InChI is InChI=1S/C20H16N4OS/c1-2-13-7-9-14(10-8-13)18-11-16(15-5-3-4-6-17(15)22-18)19(25)23-20-24-21-12-26-20/h3-12H,2H2,1H3,(H,23,24,25). The third-order valence-electron chi connectivity index (χ3n) is 4.20. The highest BCUT2D eigenvalue weighted by molar-refractivity contribution is 7.13. The van der Waals surface area contributed by atoms with Crippen LogP contribution in [0.1, 0.15) is 22.8 Å². The van der Waals surface area contributed by atoms with Crippen LogP contribution in [0.25, 0.3) is 22.2 Å². The van der Waals surface area contributed by atoms with E-state index in [2.05, 4.69) is 34.6 Å². The van der Waals surface area contributed by atoms with Crippen molar-refractivity contribution in [2.45, 2.75) is 13.3 Å². The van der Waals surface area contributed by atoms with Crippen LogP contribution in [0.15, 0.2) is 60.1 Å². The average Bonchev–Trinajstić information content (AvgIpc) is 3.20. The number of aryl methyl sites for hydroxylation is 1. The predicted molar refractivity (Wildman–Crippen MR) is 104 cm³/mol. The van der Waals surface area contributed by atoms with E-state index in [9.17, 15) is 4.79 Å². The van der Waals surface area contributed by atoms with Crippen LogP contribution in [0.2, 0.25) is 0 Å². The van der Waals surface area contributed by atoms with Crippen molar-refractivity contribution in [2.24, 2.45) is 0 Å². The molecule has 0 spiro atoms. The highest BCUT2D eigenvalue weighted by Gasteiger charge is 2.15. The lowest BCUT2D eigenvalue weighted by molar-refractivity contribution is 0.102. The van der Waals surface area contributed by atoms with Crippen molar-refractivity contribution in [3.63, 3.8) is 0 Å². The number of nitrogens with one attached hydrogen (secondary N) is 1. The van der Waals surface area contributed by atoms with Gasteiger partial charge in [0.15, 0.2) is 0 Å². The Morgan fingerprint density at radius 1 is 1.12 bits per heavy atom. The maximum absolute atomic E-state index is 12.8. The summed E-state index contributed by atoms with van der Waals surface area (Å²) in [6.45, 7) is 2.12. The number of para-hydroxylation sites is 1. The maximum Gasteiger partial charge on any atom is 0.258 e. The number of pyridine rings is 1. The molecule has 0 saturated heterocycles. The van der Waals surface area contributed by atoms with E-state index in [1.54, 1.807) is 5.51 Å². The number of fused-ring (bicyclic) bond motifs is 1. The molecule has 0 aliphatic heterocycles. The largest absolute Gasteiger partial charge is 0.296 e. The summed E-state index contributed by atoms with van der Waals surface area (Å²) in [5.41, 5.74) is 5.96. The second-order valence-electron chi connectivity index (χ2n) is 5.82. The molecule has 1 amide bonds. The number of nitrogens with zero attached hydrogens (tertiary/aromatic N) is 3. The van der Waals surface area contributed by atoms with E-state index >= 15 is 0 Å². The number of hydrogen-bond donors (Lipinski definition) is 1. The minimum atomic E-state index is -0.216. The van der Waals surface area contributed by atoms with Gasteiger partial charge in [-0.3, -0.25) is 10.1 Å². The molecule has 128 valence electrons. The number of aromatic nitrogens is 3. The molecule has 0 unspecified atom stereocenters. The summed E-state index contributed by atoms with van der Waals surface area (Å²) in [6.07, 6.45) is 0.987. The predicted octanol–water partition coefficient (Wildman–Crippen LogP) is 4.57. The van der Waals surface area contributed by atoms with Gasteiger partial charge in [0, 0.05) is 10.9 Å². The lowest BCUT2D eigenvalue weighted by Gasteiger charge is -2.10. The van der Waals surface area contributed by atoms with Crippen LogP contribution in [0.3, 0.4) is 0 Å². The van der Waals surface area contributed by atoms with Crippen LogP contribution in [-0.4, -0.2) is 21.1 Å². The first-order valence-corrected chi connectivity index (χ1v) is 9.19. The second kappa shape index (κ2) is 7.01. The quantitative estimate of drug-likeness (QED) is 0.579. The SMILES string of the molecule is CCc1ccc(-c2cc(C(=O)Nc3nncs3)c3ccccc3n2)cc1. The van der Waals surface area contributed by atoms with Crippen molar-refractivity contribution in [3.8, 4) is 11.3 Å². The van der Waals surface area contributed by atoms with Crippen LogP contribution in [0.5, 0.6) is 0 Å². The molecule has 0 atom stereocenters. The molecule has 1 N–H and O–H groups in total. The van der Waals surface area contributed by atoms with Crippen LogP contribution < -0.4 is 5.32 Å². The normalized spacial score (nSPS) is 10.8. The summed E-state index contributed by atoms with van der Waals surface area (Å²) >= 11 is 1.29. The van der Waals surface area contributed by atoms with Gasteiger partial charge in [-0.1, -0.05) is 60.7 Å². The Morgan fingerprint density at radius 2 is 1.92 bits per heavy atom. The number of amides is 1. The van der Waals surface area contributed by atoms with E-state index in [0.717, 1.165) is 28.6 Å². The van der Waals surface area contributed by atoms with Gasteiger partial charge >= 0.3 is 0 Å². The number of anilines is 1. The zero-order valence-electron chi connectivity index (χ0n) is 14.1. The Bertz CT molecular complexity index is 1060. The molecule has 0 aliphatic carbocycles. The molecule has 2 aromatic heterocycles. The van der Waals surface area contributed by atoms with Crippen molar-refractivity contribution < 1.29 is 4.79 Å². The summed E-state index contributed by atoms with van der Waals surface area (Å²) in [7, 11) is 0. The van der Waals surface area contributed by atoms with Crippen molar-refractivity contribution >= 4 is 33.3 Å². The zero-order valence-corrected chi connectivity index (χ0v) is 15.0. The lowest BCUT2D eigenvalue weighted by Crippen LogP contribution is -2.13.